The van der Waals surface area contributed by atoms with Crippen molar-refractivity contribution in [2.45, 2.75) is 12.2 Å². The Hall–Kier alpha value is -1.81. The number of nitrogens with zero attached hydrogens (tertiary/aromatic N) is 3. The highest BCUT2D eigenvalue weighted by molar-refractivity contribution is 6.38. The molecule has 0 bridgehead atoms. The predicted molar refractivity (Wildman–Crippen MR) is 85.8 cm³/mol. The third-order valence-electron chi connectivity index (χ3n) is 2.93. The van der Waals surface area contributed by atoms with E-state index in [0.717, 1.165) is 0 Å². The molecule has 9 heteroatoms. The van der Waals surface area contributed by atoms with E-state index < -0.39 is 17.8 Å². The van der Waals surface area contributed by atoms with Gasteiger partial charge in [-0.25, -0.2) is 0 Å². The summed E-state index contributed by atoms with van der Waals surface area (Å²) in [6.45, 7) is 0. The van der Waals surface area contributed by atoms with Crippen LogP contribution in [0.2, 0.25) is 15.1 Å². The minimum atomic E-state index is -4.58. The molecule has 0 saturated heterocycles. The molecule has 2 aromatic carbocycles. The highest BCUT2D eigenvalue weighted by atomic mass is 35.5. The Morgan fingerprint density at radius 1 is 1.00 bits per heavy atom. The van der Waals surface area contributed by atoms with E-state index in [-0.39, 0.29) is 15.7 Å². The highest BCUT2D eigenvalue weighted by Gasteiger charge is 2.32. The Labute approximate surface area is 150 Å². The van der Waals surface area contributed by atoms with Gasteiger partial charge in [0.1, 0.15) is 5.69 Å². The molecule has 0 saturated carbocycles. The summed E-state index contributed by atoms with van der Waals surface area (Å²) >= 11 is 17.4. The summed E-state index contributed by atoms with van der Waals surface area (Å²) in [4.78, 5) is 0. The van der Waals surface area contributed by atoms with Crippen molar-refractivity contribution < 1.29 is 13.2 Å². The van der Waals surface area contributed by atoms with Crippen LogP contribution < -0.4 is 0 Å². The van der Waals surface area contributed by atoms with E-state index >= 15 is 0 Å². The SMILES string of the molecule is N#CC(N=Nc1c(Cl)cc(C(F)(F)F)cc1Cl)c1ccc(Cl)cc1. The molecule has 2 aromatic rings. The first-order valence-electron chi connectivity index (χ1n) is 6.34. The van der Waals surface area contributed by atoms with Crippen molar-refractivity contribution in [3.63, 3.8) is 0 Å². The maximum Gasteiger partial charge on any atom is 0.416 e. The molecular weight excluding hydrogens is 386 g/mol. The number of alkyl halides is 3. The van der Waals surface area contributed by atoms with E-state index in [1.165, 1.54) is 0 Å². The summed E-state index contributed by atoms with van der Waals surface area (Å²) in [5.41, 5.74) is -0.615. The van der Waals surface area contributed by atoms with Gasteiger partial charge in [-0.2, -0.15) is 28.7 Å². The number of rotatable bonds is 3. The van der Waals surface area contributed by atoms with Crippen molar-refractivity contribution in [2.75, 3.05) is 0 Å². The van der Waals surface area contributed by atoms with Crippen LogP contribution in [0, 0.1) is 11.3 Å². The molecule has 0 heterocycles. The number of nitriles is 1. The van der Waals surface area contributed by atoms with E-state index in [4.69, 9.17) is 40.1 Å². The minimum Gasteiger partial charge on any atom is -0.195 e. The van der Waals surface area contributed by atoms with Crippen molar-refractivity contribution in [2.24, 2.45) is 10.2 Å². The molecular formula is C15H7Cl3F3N3. The second kappa shape index (κ2) is 7.39. The van der Waals surface area contributed by atoms with Gasteiger partial charge in [0, 0.05) is 5.02 Å². The minimum absolute atomic E-state index is 0.138. The molecule has 0 aliphatic carbocycles. The molecule has 0 aliphatic heterocycles. The lowest BCUT2D eigenvalue weighted by Crippen LogP contribution is -2.04. The van der Waals surface area contributed by atoms with Crippen LogP contribution >= 0.6 is 34.8 Å². The summed E-state index contributed by atoms with van der Waals surface area (Å²) in [5.74, 6) is 0. The van der Waals surface area contributed by atoms with Crippen LogP contribution in [-0.4, -0.2) is 0 Å². The molecule has 0 fully saturated rings. The highest BCUT2D eigenvalue weighted by Crippen LogP contribution is 2.40. The first-order valence-corrected chi connectivity index (χ1v) is 7.48. The smallest absolute Gasteiger partial charge is 0.195 e. The van der Waals surface area contributed by atoms with Crippen LogP contribution in [0.3, 0.4) is 0 Å². The fourth-order valence-corrected chi connectivity index (χ4v) is 2.44. The maximum absolute atomic E-state index is 12.7. The normalized spacial score (nSPS) is 13.0. The molecule has 24 heavy (non-hydrogen) atoms. The van der Waals surface area contributed by atoms with Gasteiger partial charge in [0.2, 0.25) is 0 Å². The van der Waals surface area contributed by atoms with E-state index in [1.54, 1.807) is 24.3 Å². The average molecular weight is 393 g/mol. The molecule has 0 radical (unpaired) electrons. The lowest BCUT2D eigenvalue weighted by atomic mass is 10.1. The number of halogens is 6. The predicted octanol–water partition coefficient (Wildman–Crippen LogP) is 7.01. The summed E-state index contributed by atoms with van der Waals surface area (Å²) in [6.07, 6.45) is -4.58. The van der Waals surface area contributed by atoms with Crippen LogP contribution in [0.15, 0.2) is 46.6 Å². The van der Waals surface area contributed by atoms with E-state index in [2.05, 4.69) is 10.2 Å². The monoisotopic (exact) mass is 391 g/mol. The quantitative estimate of drug-likeness (QED) is 0.518. The lowest BCUT2D eigenvalue weighted by molar-refractivity contribution is -0.137. The Bertz CT molecular complexity index is 788. The zero-order valence-corrected chi connectivity index (χ0v) is 13.9. The molecule has 0 amide bonds. The fourth-order valence-electron chi connectivity index (χ4n) is 1.75. The fraction of sp³-hybridized carbons (Fsp3) is 0.133. The van der Waals surface area contributed by atoms with Gasteiger partial charge in [-0.1, -0.05) is 46.9 Å². The van der Waals surface area contributed by atoms with Gasteiger partial charge in [0.05, 0.1) is 21.7 Å². The summed E-state index contributed by atoms with van der Waals surface area (Å²) < 4.78 is 38.0. The van der Waals surface area contributed by atoms with Gasteiger partial charge in [-0.15, -0.1) is 0 Å². The lowest BCUT2D eigenvalue weighted by Gasteiger charge is -2.09. The largest absolute Gasteiger partial charge is 0.416 e. The zero-order valence-electron chi connectivity index (χ0n) is 11.7. The standard InChI is InChI=1S/C15H7Cl3F3N3/c16-10-3-1-8(2-4-10)13(7-22)23-24-14-11(17)5-9(6-12(14)18)15(19,20)21/h1-6,13H. The van der Waals surface area contributed by atoms with Crippen LogP contribution in [0.5, 0.6) is 0 Å². The van der Waals surface area contributed by atoms with Crippen LogP contribution in [0.4, 0.5) is 18.9 Å². The van der Waals surface area contributed by atoms with Crippen molar-refractivity contribution in [3.8, 4) is 6.07 Å². The summed E-state index contributed by atoms with van der Waals surface area (Å²) in [6, 6.07) is 8.67. The van der Waals surface area contributed by atoms with E-state index in [0.29, 0.717) is 22.7 Å². The molecule has 1 unspecified atom stereocenters. The number of hydrogen-bond acceptors (Lipinski definition) is 3. The van der Waals surface area contributed by atoms with E-state index in [1.807, 2.05) is 6.07 Å². The van der Waals surface area contributed by atoms with Gasteiger partial charge in [-0.05, 0) is 29.8 Å². The van der Waals surface area contributed by atoms with Crippen molar-refractivity contribution in [3.05, 3.63) is 62.6 Å². The van der Waals surface area contributed by atoms with Crippen LogP contribution in [-0.2, 0) is 6.18 Å². The summed E-state index contributed by atoms with van der Waals surface area (Å²) in [5, 5.41) is 16.6. The number of azo groups is 1. The molecule has 0 spiro atoms. The van der Waals surface area contributed by atoms with Gasteiger partial charge < -0.3 is 0 Å². The maximum atomic E-state index is 12.7. The molecule has 0 aliphatic rings. The van der Waals surface area contributed by atoms with Gasteiger partial charge in [-0.3, -0.25) is 0 Å². The van der Waals surface area contributed by atoms with Crippen LogP contribution in [0.1, 0.15) is 17.2 Å². The Kier molecular flexibility index (Phi) is 5.70. The molecule has 124 valence electrons. The van der Waals surface area contributed by atoms with Crippen LogP contribution in [0.25, 0.3) is 0 Å². The molecule has 3 nitrogen and oxygen atoms in total. The van der Waals surface area contributed by atoms with Gasteiger partial charge in [0.25, 0.3) is 0 Å². The average Bonchev–Trinajstić information content (AvgIpc) is 2.50. The topological polar surface area (TPSA) is 48.5 Å². The van der Waals surface area contributed by atoms with Gasteiger partial charge >= 0.3 is 6.18 Å². The Balaban J connectivity index is 2.34. The number of hydrogen-bond donors (Lipinski definition) is 0. The first kappa shape index (κ1) is 18.5. The Morgan fingerprint density at radius 3 is 2.00 bits per heavy atom. The summed E-state index contributed by atoms with van der Waals surface area (Å²) in [7, 11) is 0. The second-order valence-corrected chi connectivity index (χ2v) is 5.84. The molecule has 1 atom stereocenters. The van der Waals surface area contributed by atoms with E-state index in [9.17, 15) is 13.2 Å². The third-order valence-corrected chi connectivity index (χ3v) is 3.75. The van der Waals surface area contributed by atoms with Crippen molar-refractivity contribution in [1.82, 2.24) is 0 Å². The Morgan fingerprint density at radius 2 is 1.54 bits per heavy atom. The van der Waals surface area contributed by atoms with Crippen molar-refractivity contribution in [1.29, 1.82) is 5.26 Å². The third kappa shape index (κ3) is 4.38. The molecule has 0 aromatic heterocycles. The second-order valence-electron chi connectivity index (χ2n) is 4.58. The first-order chi connectivity index (χ1) is 11.2. The molecule has 0 N–H and O–H groups in total. The van der Waals surface area contributed by atoms with Gasteiger partial charge in [0.15, 0.2) is 6.04 Å². The van der Waals surface area contributed by atoms with Crippen molar-refractivity contribution >= 4 is 40.5 Å². The zero-order chi connectivity index (χ0) is 17.9. The number of benzene rings is 2. The molecule has 2 rings (SSSR count).